The lowest BCUT2D eigenvalue weighted by Gasteiger charge is -2.44. The minimum atomic E-state index is -0.421. The zero-order valence-corrected chi connectivity index (χ0v) is 27.0. The zero-order valence-electron chi connectivity index (χ0n) is 27.0. The third-order valence-electron chi connectivity index (χ3n) is 10.5. The maximum atomic E-state index is 6.93. The Morgan fingerprint density at radius 1 is 0.688 bits per heavy atom. The summed E-state index contributed by atoms with van der Waals surface area (Å²) in [6.07, 6.45) is 13.3. The van der Waals surface area contributed by atoms with Crippen LogP contribution in [0.2, 0.25) is 0 Å². The number of rotatable bonds is 3. The van der Waals surface area contributed by atoms with E-state index in [0.717, 1.165) is 35.1 Å². The van der Waals surface area contributed by atoms with Gasteiger partial charge in [-0.25, -0.2) is 0 Å². The zero-order chi connectivity index (χ0) is 32.1. The highest BCUT2D eigenvalue weighted by Crippen LogP contribution is 2.62. The predicted molar refractivity (Wildman–Crippen MR) is 197 cm³/mol. The third kappa shape index (κ3) is 4.31. The first-order valence-corrected chi connectivity index (χ1v) is 16.9. The van der Waals surface area contributed by atoms with Crippen LogP contribution in [0.5, 0.6) is 5.75 Å². The van der Waals surface area contributed by atoms with E-state index in [1.54, 1.807) is 0 Å². The van der Waals surface area contributed by atoms with Crippen LogP contribution in [0.25, 0.3) is 11.1 Å². The van der Waals surface area contributed by atoms with Gasteiger partial charge >= 0.3 is 0 Å². The lowest BCUT2D eigenvalue weighted by atomic mass is 9.62. The van der Waals surface area contributed by atoms with Gasteiger partial charge in [-0.3, -0.25) is 4.99 Å². The average molecular weight is 621 g/mol. The van der Waals surface area contributed by atoms with E-state index in [1.165, 1.54) is 39.0 Å². The molecule has 9 rings (SSSR count). The van der Waals surface area contributed by atoms with Crippen LogP contribution in [0.3, 0.4) is 0 Å². The summed E-state index contributed by atoms with van der Waals surface area (Å²) in [6.45, 7) is 3.71. The minimum Gasteiger partial charge on any atom is -0.461 e. The summed E-state index contributed by atoms with van der Waals surface area (Å²) in [5.74, 6) is 3.30. The molecule has 0 N–H and O–H groups in total. The summed E-state index contributed by atoms with van der Waals surface area (Å²) in [6, 6.07) is 46.1. The molecule has 2 unspecified atom stereocenters. The minimum absolute atomic E-state index is 0.138. The summed E-state index contributed by atoms with van der Waals surface area (Å²) < 4.78 is 6.93. The fourth-order valence-corrected chi connectivity index (χ4v) is 8.29. The van der Waals surface area contributed by atoms with Crippen molar-refractivity contribution in [2.24, 2.45) is 10.9 Å². The highest BCUT2D eigenvalue weighted by atomic mass is 16.5. The molecule has 0 amide bonds. The van der Waals surface area contributed by atoms with Crippen LogP contribution in [0.4, 0.5) is 5.69 Å². The van der Waals surface area contributed by atoms with E-state index in [-0.39, 0.29) is 11.8 Å². The van der Waals surface area contributed by atoms with E-state index >= 15 is 0 Å². The molecule has 232 valence electrons. The standard InChI is InChI=1S/C45H36N2O/c1-31-35(32-23-25-33(26-24-32)44-46-29-13-2-3-14-30-47(44)34-15-5-4-6-16-34)27-28-41-43(31)48-42-22-12-11-21-40(42)45(41)38-19-9-7-17-36(38)37-18-8-10-20-39(37)45/h2-28,31,35H,29-30H2,1H3/b13-2-,14-3-,46-44?. The second kappa shape index (κ2) is 11.5. The fraction of sp³-hybridized carbons (Fsp3) is 0.133. The summed E-state index contributed by atoms with van der Waals surface area (Å²) in [4.78, 5) is 7.35. The summed E-state index contributed by atoms with van der Waals surface area (Å²) >= 11 is 0. The average Bonchev–Trinajstić information content (AvgIpc) is 3.50. The van der Waals surface area contributed by atoms with Crippen molar-refractivity contribution in [3.05, 3.63) is 203 Å². The van der Waals surface area contributed by atoms with Gasteiger partial charge in [0, 0.05) is 40.8 Å². The van der Waals surface area contributed by atoms with Crippen molar-refractivity contribution in [1.82, 2.24) is 0 Å². The number of nitrogens with zero attached hydrogens (tertiary/aromatic N) is 2. The van der Waals surface area contributed by atoms with Crippen LogP contribution in [-0.4, -0.2) is 18.9 Å². The van der Waals surface area contributed by atoms with Gasteiger partial charge in [0.15, 0.2) is 0 Å². The summed E-state index contributed by atoms with van der Waals surface area (Å²) in [7, 11) is 0. The molecule has 0 aromatic heterocycles. The van der Waals surface area contributed by atoms with Crippen LogP contribution in [0.1, 0.15) is 40.7 Å². The molecule has 2 aliphatic carbocycles. The molecule has 1 spiro atoms. The van der Waals surface area contributed by atoms with E-state index in [0.29, 0.717) is 6.54 Å². The van der Waals surface area contributed by atoms with Crippen molar-refractivity contribution < 1.29 is 4.74 Å². The number of allylic oxidation sites excluding steroid dienone is 6. The second-order valence-corrected chi connectivity index (χ2v) is 13.0. The topological polar surface area (TPSA) is 24.8 Å². The van der Waals surface area contributed by atoms with Crippen LogP contribution in [0.15, 0.2) is 180 Å². The highest BCUT2D eigenvalue weighted by molar-refractivity contribution is 6.10. The van der Waals surface area contributed by atoms with Gasteiger partial charge in [0.1, 0.15) is 17.3 Å². The Morgan fingerprint density at radius 2 is 1.33 bits per heavy atom. The largest absolute Gasteiger partial charge is 0.461 e. The molecule has 2 heterocycles. The molecule has 2 atom stereocenters. The van der Waals surface area contributed by atoms with Gasteiger partial charge in [0.05, 0.1) is 12.0 Å². The first kappa shape index (κ1) is 28.5. The molecule has 0 fully saturated rings. The van der Waals surface area contributed by atoms with Gasteiger partial charge in [0.2, 0.25) is 0 Å². The molecule has 5 aromatic rings. The molecule has 3 nitrogen and oxygen atoms in total. The number of anilines is 1. The predicted octanol–water partition coefficient (Wildman–Crippen LogP) is 10.0. The normalized spacial score (nSPS) is 21.4. The summed E-state index contributed by atoms with van der Waals surface area (Å²) in [5.41, 5.74) is 10.8. The van der Waals surface area contributed by atoms with Crippen LogP contribution < -0.4 is 9.64 Å². The molecule has 5 aromatic carbocycles. The quantitative estimate of drug-likeness (QED) is 0.201. The van der Waals surface area contributed by atoms with Gasteiger partial charge in [-0.15, -0.1) is 0 Å². The Bertz CT molecular complexity index is 2140. The number of hydrogen-bond acceptors (Lipinski definition) is 3. The number of amidine groups is 1. The first-order chi connectivity index (χ1) is 23.7. The van der Waals surface area contributed by atoms with Crippen molar-refractivity contribution in [3.8, 4) is 16.9 Å². The number of para-hydroxylation sites is 2. The Hall–Kier alpha value is -5.67. The molecule has 0 bridgehead atoms. The monoisotopic (exact) mass is 620 g/mol. The molecule has 0 radical (unpaired) electrons. The second-order valence-electron chi connectivity index (χ2n) is 13.0. The molecular formula is C45H36N2O. The number of ether oxygens (including phenoxy) is 1. The summed E-state index contributed by atoms with van der Waals surface area (Å²) in [5, 5.41) is 0. The van der Waals surface area contributed by atoms with E-state index in [1.807, 2.05) is 0 Å². The molecule has 2 aliphatic heterocycles. The maximum Gasteiger partial charge on any atom is 0.136 e. The fourth-order valence-electron chi connectivity index (χ4n) is 8.29. The number of hydrogen-bond donors (Lipinski definition) is 0. The van der Waals surface area contributed by atoms with Crippen LogP contribution >= 0.6 is 0 Å². The first-order valence-electron chi connectivity index (χ1n) is 16.9. The molecule has 0 saturated carbocycles. The Kier molecular flexibility index (Phi) is 6.86. The lowest BCUT2D eigenvalue weighted by Crippen LogP contribution is -2.37. The Balaban J connectivity index is 1.11. The number of benzene rings is 5. The van der Waals surface area contributed by atoms with E-state index in [9.17, 15) is 0 Å². The molecule has 48 heavy (non-hydrogen) atoms. The van der Waals surface area contributed by atoms with E-state index in [2.05, 4.69) is 176 Å². The SMILES string of the molecule is CC1C2=C(C=CC1c1ccc(C3=NC/C=C\C=C/CN3c3ccccc3)cc1)C1(c3ccccc3O2)c2ccccc2-c2ccccc21. The highest BCUT2D eigenvalue weighted by Gasteiger charge is 2.53. The van der Waals surface area contributed by atoms with Gasteiger partial charge in [0.25, 0.3) is 0 Å². The number of fused-ring (bicyclic) bond motifs is 8. The smallest absolute Gasteiger partial charge is 0.136 e. The van der Waals surface area contributed by atoms with Gasteiger partial charge in [-0.1, -0.05) is 153 Å². The van der Waals surface area contributed by atoms with Crippen molar-refractivity contribution >= 4 is 11.5 Å². The molecule has 0 saturated heterocycles. The van der Waals surface area contributed by atoms with Crippen molar-refractivity contribution in [3.63, 3.8) is 0 Å². The van der Waals surface area contributed by atoms with Gasteiger partial charge in [-0.2, -0.15) is 0 Å². The van der Waals surface area contributed by atoms with Crippen LogP contribution in [0, 0.1) is 5.92 Å². The Morgan fingerprint density at radius 3 is 2.08 bits per heavy atom. The molecular weight excluding hydrogens is 585 g/mol. The Labute approximate surface area is 282 Å². The van der Waals surface area contributed by atoms with Gasteiger partial charge in [-0.05, 0) is 46.0 Å². The third-order valence-corrected chi connectivity index (χ3v) is 10.5. The lowest BCUT2D eigenvalue weighted by molar-refractivity contribution is 0.310. The molecule has 4 aliphatic rings. The van der Waals surface area contributed by atoms with Crippen LogP contribution in [-0.2, 0) is 5.41 Å². The van der Waals surface area contributed by atoms with Crippen molar-refractivity contribution in [2.45, 2.75) is 18.3 Å². The maximum absolute atomic E-state index is 6.93. The van der Waals surface area contributed by atoms with Crippen molar-refractivity contribution in [2.75, 3.05) is 18.0 Å². The molecule has 3 heteroatoms. The number of aliphatic imine (C=N–C) groups is 1. The van der Waals surface area contributed by atoms with E-state index in [4.69, 9.17) is 9.73 Å². The van der Waals surface area contributed by atoms with Gasteiger partial charge < -0.3 is 9.64 Å². The van der Waals surface area contributed by atoms with Crippen molar-refractivity contribution in [1.29, 1.82) is 0 Å². The van der Waals surface area contributed by atoms with E-state index < -0.39 is 5.41 Å².